The van der Waals surface area contributed by atoms with Gasteiger partial charge in [-0.05, 0) is 6.07 Å². The highest BCUT2D eigenvalue weighted by Gasteiger charge is 2.03. The highest BCUT2D eigenvalue weighted by molar-refractivity contribution is 5.61. The summed E-state index contributed by atoms with van der Waals surface area (Å²) in [4.78, 5) is 16.3. The topological polar surface area (TPSA) is 48.6 Å². The Bertz CT molecular complexity index is 360. The van der Waals surface area contributed by atoms with E-state index in [0.29, 0.717) is 5.56 Å². The molecule has 0 aromatic carbocycles. The maximum Gasteiger partial charge on any atom is 0.257 e. The van der Waals surface area contributed by atoms with Crippen LogP contribution in [-0.4, -0.2) is 9.97 Å². The molecular formula is C7H6N2O. The van der Waals surface area contributed by atoms with Gasteiger partial charge in [0.25, 0.3) is 5.56 Å². The van der Waals surface area contributed by atoms with Crippen LogP contribution in [0, 0.1) is 0 Å². The number of nitrogens with one attached hydrogen (secondary N) is 2. The van der Waals surface area contributed by atoms with Crippen LogP contribution in [0.25, 0.3) is 11.1 Å². The van der Waals surface area contributed by atoms with Crippen LogP contribution in [0.3, 0.4) is 0 Å². The van der Waals surface area contributed by atoms with E-state index in [2.05, 4.69) is 9.97 Å². The Morgan fingerprint density at radius 2 is 2.20 bits per heavy atom. The normalized spacial score (nSPS) is 10.4. The smallest absolute Gasteiger partial charge is 0.257 e. The van der Waals surface area contributed by atoms with Crippen LogP contribution in [0.2, 0.25) is 0 Å². The lowest BCUT2D eigenvalue weighted by Crippen LogP contribution is -1.99. The second kappa shape index (κ2) is 1.73. The van der Waals surface area contributed by atoms with Crippen LogP contribution < -0.4 is 5.56 Å². The zero-order chi connectivity index (χ0) is 6.97. The van der Waals surface area contributed by atoms with Crippen molar-refractivity contribution >= 4 is 0 Å². The largest absolute Gasteiger partial charge is 0.367 e. The summed E-state index contributed by atoms with van der Waals surface area (Å²) in [6, 6.07) is 1.85. The molecule has 0 atom stereocenters. The van der Waals surface area contributed by atoms with E-state index >= 15 is 0 Å². The van der Waals surface area contributed by atoms with Crippen molar-refractivity contribution in [2.24, 2.45) is 0 Å². The number of hydrogen-bond donors (Lipinski definition) is 2. The van der Waals surface area contributed by atoms with Crippen molar-refractivity contribution in [3.63, 3.8) is 0 Å². The van der Waals surface area contributed by atoms with E-state index < -0.39 is 0 Å². The van der Waals surface area contributed by atoms with Crippen molar-refractivity contribution in [3.8, 4) is 11.1 Å². The molecular weight excluding hydrogens is 128 g/mol. The van der Waals surface area contributed by atoms with E-state index in [1.807, 2.05) is 6.07 Å². The molecule has 3 heteroatoms. The predicted octanol–water partition coefficient (Wildman–Crippen LogP) is 0.808. The number of H-pyrrole nitrogens is 2. The second-order valence-electron chi connectivity index (χ2n) is 2.13. The van der Waals surface area contributed by atoms with Gasteiger partial charge in [0, 0.05) is 24.2 Å². The zero-order valence-corrected chi connectivity index (χ0v) is 5.22. The zero-order valence-electron chi connectivity index (χ0n) is 5.22. The minimum atomic E-state index is -0.0353. The van der Waals surface area contributed by atoms with Crippen LogP contribution in [0.5, 0.6) is 0 Å². The molecule has 2 N–H and O–H groups in total. The fourth-order valence-corrected chi connectivity index (χ4v) is 0.986. The van der Waals surface area contributed by atoms with Gasteiger partial charge >= 0.3 is 0 Å². The third-order valence-electron chi connectivity index (χ3n) is 1.50. The molecule has 50 valence electrons. The highest BCUT2D eigenvalue weighted by Crippen LogP contribution is 2.12. The number of aromatic amines is 2. The van der Waals surface area contributed by atoms with Gasteiger partial charge in [-0.3, -0.25) is 4.79 Å². The fourth-order valence-electron chi connectivity index (χ4n) is 0.986. The van der Waals surface area contributed by atoms with Gasteiger partial charge in [0.15, 0.2) is 0 Å². The summed E-state index contributed by atoms with van der Waals surface area (Å²) in [5.74, 6) is 0. The van der Waals surface area contributed by atoms with Crippen LogP contribution in [-0.2, 0) is 0 Å². The first-order valence-corrected chi connectivity index (χ1v) is 3.02. The monoisotopic (exact) mass is 134 g/mol. The van der Waals surface area contributed by atoms with Crippen molar-refractivity contribution < 1.29 is 0 Å². The Kier molecular flexibility index (Phi) is 0.917. The molecule has 2 rings (SSSR count). The summed E-state index contributed by atoms with van der Waals surface area (Å²) in [5.41, 5.74) is 1.62. The average molecular weight is 134 g/mol. The molecule has 10 heavy (non-hydrogen) atoms. The van der Waals surface area contributed by atoms with Gasteiger partial charge in [-0.2, -0.15) is 0 Å². The second-order valence-corrected chi connectivity index (χ2v) is 2.13. The van der Waals surface area contributed by atoms with E-state index in [-0.39, 0.29) is 5.56 Å². The first-order chi connectivity index (χ1) is 4.88. The van der Waals surface area contributed by atoms with E-state index in [9.17, 15) is 4.79 Å². The van der Waals surface area contributed by atoms with Crippen molar-refractivity contribution in [1.29, 1.82) is 0 Å². The molecule has 0 aromatic rings. The molecule has 0 fully saturated rings. The van der Waals surface area contributed by atoms with Gasteiger partial charge in [-0.1, -0.05) is 0 Å². The maximum absolute atomic E-state index is 10.9. The lowest BCUT2D eigenvalue weighted by molar-refractivity contribution is 1.30. The van der Waals surface area contributed by atoms with Gasteiger partial charge in [-0.25, -0.2) is 0 Å². The van der Waals surface area contributed by atoms with Crippen LogP contribution in [0.15, 0.2) is 29.5 Å². The van der Waals surface area contributed by atoms with Crippen molar-refractivity contribution in [1.82, 2.24) is 9.97 Å². The van der Waals surface area contributed by atoms with E-state index in [1.54, 1.807) is 18.6 Å². The summed E-state index contributed by atoms with van der Waals surface area (Å²) >= 11 is 0. The lowest BCUT2D eigenvalue weighted by Gasteiger charge is -1.90. The summed E-state index contributed by atoms with van der Waals surface area (Å²) in [6.07, 6.45) is 5.18. The van der Waals surface area contributed by atoms with Gasteiger partial charge in [-0.15, -0.1) is 0 Å². The Labute approximate surface area is 57.1 Å². The third-order valence-corrected chi connectivity index (χ3v) is 1.50. The molecule has 2 aliphatic heterocycles. The molecule has 0 amide bonds. The van der Waals surface area contributed by atoms with Crippen molar-refractivity contribution in [2.75, 3.05) is 0 Å². The van der Waals surface area contributed by atoms with E-state index in [1.165, 1.54) is 0 Å². The van der Waals surface area contributed by atoms with Crippen LogP contribution in [0.4, 0.5) is 0 Å². The maximum atomic E-state index is 10.9. The summed E-state index contributed by atoms with van der Waals surface area (Å²) in [7, 11) is 0. The van der Waals surface area contributed by atoms with Gasteiger partial charge in [0.05, 0.1) is 5.56 Å². The summed E-state index contributed by atoms with van der Waals surface area (Å²) in [6.45, 7) is 0. The molecule has 0 unspecified atom stereocenters. The first kappa shape index (κ1) is 5.29. The van der Waals surface area contributed by atoms with Crippen LogP contribution in [0.1, 0.15) is 0 Å². The molecule has 0 aliphatic carbocycles. The first-order valence-electron chi connectivity index (χ1n) is 3.02. The lowest BCUT2D eigenvalue weighted by atomic mass is 10.2. The van der Waals surface area contributed by atoms with Gasteiger partial charge < -0.3 is 9.97 Å². The van der Waals surface area contributed by atoms with Crippen LogP contribution >= 0.6 is 0 Å². The summed E-state index contributed by atoms with van der Waals surface area (Å²) in [5, 5.41) is 0. The van der Waals surface area contributed by atoms with Gasteiger partial charge in [0.2, 0.25) is 0 Å². The number of rotatable bonds is 0. The molecule has 0 spiro atoms. The molecule has 0 saturated heterocycles. The Morgan fingerprint density at radius 3 is 3.00 bits per heavy atom. The number of hydrogen-bond acceptors (Lipinski definition) is 1. The molecule has 0 radical (unpaired) electrons. The quantitative estimate of drug-likeness (QED) is 0.550. The fraction of sp³-hybridized carbons (Fsp3) is 0. The van der Waals surface area contributed by atoms with Crippen molar-refractivity contribution in [3.05, 3.63) is 35.0 Å². The van der Waals surface area contributed by atoms with E-state index in [0.717, 1.165) is 5.56 Å². The van der Waals surface area contributed by atoms with Gasteiger partial charge in [0.1, 0.15) is 0 Å². The average Bonchev–Trinajstić information content (AvgIpc) is 2.34. The molecule has 0 bridgehead atoms. The summed E-state index contributed by atoms with van der Waals surface area (Å²) < 4.78 is 0. The Hall–Kier alpha value is -1.51. The minimum Gasteiger partial charge on any atom is -0.367 e. The molecule has 2 aliphatic rings. The third kappa shape index (κ3) is 0.572. The standard InChI is InChI=1S/C7H6N2O/c10-7-6-4-8-2-1-5(6)3-9-7/h1-4,8H,(H,9,10). The Balaban J connectivity index is 2.91. The molecule has 0 saturated carbocycles. The highest BCUT2D eigenvalue weighted by atomic mass is 16.1. The molecule has 3 nitrogen and oxygen atoms in total. The SMILES string of the molecule is O=c1[nH]cc2cc[nH]cc1-2. The number of aromatic nitrogens is 2. The Morgan fingerprint density at radius 1 is 1.30 bits per heavy atom. The predicted molar refractivity (Wildman–Crippen MR) is 38.0 cm³/mol. The number of pyridine rings is 1. The number of fused-ring (bicyclic) bond motifs is 1. The molecule has 0 aromatic heterocycles. The minimum absolute atomic E-state index is 0.0353. The van der Waals surface area contributed by atoms with E-state index in [4.69, 9.17) is 0 Å². The molecule has 2 heterocycles. The van der Waals surface area contributed by atoms with Crippen molar-refractivity contribution in [2.45, 2.75) is 0 Å².